The first-order chi connectivity index (χ1) is 11.7. The molecule has 0 bridgehead atoms. The van der Waals surface area contributed by atoms with E-state index in [1.54, 1.807) is 0 Å². The summed E-state index contributed by atoms with van der Waals surface area (Å²) in [6.45, 7) is -0.400. The van der Waals surface area contributed by atoms with Gasteiger partial charge in [0.15, 0.2) is 5.75 Å². The van der Waals surface area contributed by atoms with E-state index in [-0.39, 0.29) is 22.3 Å². The van der Waals surface area contributed by atoms with Crippen molar-refractivity contribution in [2.24, 2.45) is 0 Å². The van der Waals surface area contributed by atoms with Crippen molar-refractivity contribution in [3.05, 3.63) is 46.7 Å². The fraction of sp³-hybridized carbons (Fsp3) is 0.267. The van der Waals surface area contributed by atoms with Crippen molar-refractivity contribution in [1.82, 2.24) is 15.3 Å². The second kappa shape index (κ2) is 7.56. The summed E-state index contributed by atoms with van der Waals surface area (Å²) in [6.07, 6.45) is -2.03. The van der Waals surface area contributed by atoms with E-state index < -0.39 is 24.4 Å². The van der Waals surface area contributed by atoms with E-state index in [9.17, 15) is 18.0 Å². The van der Waals surface area contributed by atoms with Gasteiger partial charge in [-0.25, -0.2) is 14.8 Å². The predicted octanol–water partition coefficient (Wildman–Crippen LogP) is 3.50. The lowest BCUT2D eigenvalue weighted by Gasteiger charge is -2.16. The standard InChI is InChI=1S/C15H14ClF3N4O2/c1-20-14(24)23(2)13-21-6-9(7-22-13)25-8-10-11(15(17,18)19)4-3-5-12(10)16/h3-7H,8H2,1-2H3,(H,20,24). The predicted molar refractivity (Wildman–Crippen MR) is 85.7 cm³/mol. The highest BCUT2D eigenvalue weighted by atomic mass is 35.5. The van der Waals surface area contributed by atoms with Crippen LogP contribution >= 0.6 is 11.6 Å². The third-order valence-corrected chi connectivity index (χ3v) is 3.59. The number of anilines is 1. The molecule has 0 fully saturated rings. The Morgan fingerprint density at radius 1 is 1.32 bits per heavy atom. The molecule has 0 spiro atoms. The SMILES string of the molecule is CNC(=O)N(C)c1ncc(OCc2c(Cl)cccc2C(F)(F)F)cn1. The van der Waals surface area contributed by atoms with Crippen LogP contribution in [0.3, 0.4) is 0 Å². The van der Waals surface area contributed by atoms with Gasteiger partial charge in [0.05, 0.1) is 18.0 Å². The van der Waals surface area contributed by atoms with Gasteiger partial charge in [0.1, 0.15) is 6.61 Å². The van der Waals surface area contributed by atoms with E-state index in [1.165, 1.54) is 43.5 Å². The number of urea groups is 1. The van der Waals surface area contributed by atoms with Crippen LogP contribution in [0.15, 0.2) is 30.6 Å². The lowest BCUT2D eigenvalue weighted by atomic mass is 10.1. The molecule has 0 aliphatic rings. The van der Waals surface area contributed by atoms with E-state index in [4.69, 9.17) is 16.3 Å². The van der Waals surface area contributed by atoms with Gasteiger partial charge in [0.25, 0.3) is 0 Å². The number of amides is 2. The Morgan fingerprint density at radius 2 is 1.96 bits per heavy atom. The van der Waals surface area contributed by atoms with E-state index in [2.05, 4.69) is 15.3 Å². The number of benzene rings is 1. The molecule has 1 aromatic carbocycles. The molecule has 0 aliphatic heterocycles. The second-order valence-corrected chi connectivity index (χ2v) is 5.29. The van der Waals surface area contributed by atoms with Crippen molar-refractivity contribution >= 4 is 23.6 Å². The Balaban J connectivity index is 2.14. The summed E-state index contributed by atoms with van der Waals surface area (Å²) in [7, 11) is 2.92. The van der Waals surface area contributed by atoms with Crippen molar-refractivity contribution in [3.8, 4) is 5.75 Å². The molecule has 25 heavy (non-hydrogen) atoms. The van der Waals surface area contributed by atoms with E-state index in [0.29, 0.717) is 0 Å². The summed E-state index contributed by atoms with van der Waals surface area (Å²) < 4.78 is 44.4. The number of alkyl halides is 3. The highest BCUT2D eigenvalue weighted by molar-refractivity contribution is 6.31. The maximum Gasteiger partial charge on any atom is 0.416 e. The minimum atomic E-state index is -4.54. The number of aromatic nitrogens is 2. The zero-order chi connectivity index (χ0) is 18.6. The Hall–Kier alpha value is -2.55. The molecule has 1 N–H and O–H groups in total. The van der Waals surface area contributed by atoms with Crippen LogP contribution in [0.25, 0.3) is 0 Å². The molecule has 1 aromatic heterocycles. The van der Waals surface area contributed by atoms with Crippen LogP contribution in [0.2, 0.25) is 5.02 Å². The van der Waals surface area contributed by atoms with E-state index >= 15 is 0 Å². The molecule has 2 amide bonds. The summed E-state index contributed by atoms with van der Waals surface area (Å²) in [6, 6.07) is 3.09. The molecule has 0 saturated carbocycles. The highest BCUT2D eigenvalue weighted by Gasteiger charge is 2.34. The maximum absolute atomic E-state index is 13.0. The molecule has 0 saturated heterocycles. The average Bonchev–Trinajstić information content (AvgIpc) is 2.58. The van der Waals surface area contributed by atoms with Crippen LogP contribution in [0.4, 0.5) is 23.9 Å². The van der Waals surface area contributed by atoms with E-state index in [0.717, 1.165) is 6.07 Å². The molecule has 0 atom stereocenters. The third-order valence-electron chi connectivity index (χ3n) is 3.24. The van der Waals surface area contributed by atoms with Crippen LogP contribution in [0.1, 0.15) is 11.1 Å². The van der Waals surface area contributed by atoms with Crippen LogP contribution in [0.5, 0.6) is 5.75 Å². The molecular formula is C15H14ClF3N4O2. The third kappa shape index (κ3) is 4.50. The van der Waals surface area contributed by atoms with Gasteiger partial charge in [0.2, 0.25) is 5.95 Å². The lowest BCUT2D eigenvalue weighted by Crippen LogP contribution is -2.35. The molecular weight excluding hydrogens is 361 g/mol. The van der Waals surface area contributed by atoms with Gasteiger partial charge < -0.3 is 10.1 Å². The van der Waals surface area contributed by atoms with Crippen molar-refractivity contribution in [1.29, 1.82) is 0 Å². The first-order valence-corrected chi connectivity index (χ1v) is 7.36. The number of ether oxygens (including phenoxy) is 1. The molecule has 0 unspecified atom stereocenters. The first-order valence-electron chi connectivity index (χ1n) is 6.99. The van der Waals surface area contributed by atoms with Gasteiger partial charge in [-0.05, 0) is 12.1 Å². The van der Waals surface area contributed by atoms with Gasteiger partial charge in [-0.2, -0.15) is 13.2 Å². The number of carbonyl (C=O) groups is 1. The van der Waals surface area contributed by atoms with Crippen molar-refractivity contribution < 1.29 is 22.7 Å². The Kier molecular flexibility index (Phi) is 5.68. The summed E-state index contributed by atoms with van der Waals surface area (Å²) in [5.74, 6) is 0.252. The largest absolute Gasteiger partial charge is 0.486 e. The molecule has 2 aromatic rings. The molecule has 0 radical (unpaired) electrons. The summed E-state index contributed by atoms with van der Waals surface area (Å²) in [4.78, 5) is 20.5. The van der Waals surface area contributed by atoms with Gasteiger partial charge in [-0.3, -0.25) is 4.90 Å². The minimum absolute atomic E-state index is 0.0493. The van der Waals surface area contributed by atoms with E-state index in [1.807, 2.05) is 0 Å². The zero-order valence-electron chi connectivity index (χ0n) is 13.3. The van der Waals surface area contributed by atoms with Gasteiger partial charge in [-0.1, -0.05) is 17.7 Å². The summed E-state index contributed by atoms with van der Waals surface area (Å²) in [5, 5.41) is 2.36. The van der Waals surface area contributed by atoms with Gasteiger partial charge in [-0.15, -0.1) is 0 Å². The Labute approximate surface area is 146 Å². The Bertz CT molecular complexity index is 753. The van der Waals surface area contributed by atoms with Crippen molar-refractivity contribution in [3.63, 3.8) is 0 Å². The smallest absolute Gasteiger partial charge is 0.416 e. The topological polar surface area (TPSA) is 67.4 Å². The first kappa shape index (κ1) is 18.8. The number of nitrogens with one attached hydrogen (secondary N) is 1. The fourth-order valence-corrected chi connectivity index (χ4v) is 2.17. The van der Waals surface area contributed by atoms with Crippen molar-refractivity contribution in [2.75, 3.05) is 19.0 Å². The quantitative estimate of drug-likeness (QED) is 0.889. The number of halogens is 4. The van der Waals surface area contributed by atoms with Gasteiger partial charge >= 0.3 is 12.2 Å². The van der Waals surface area contributed by atoms with Crippen LogP contribution in [0, 0.1) is 0 Å². The summed E-state index contributed by atoms with van der Waals surface area (Å²) >= 11 is 5.86. The number of hydrogen-bond acceptors (Lipinski definition) is 4. The maximum atomic E-state index is 13.0. The number of carbonyl (C=O) groups excluding carboxylic acids is 1. The molecule has 1 heterocycles. The minimum Gasteiger partial charge on any atom is -0.486 e. The molecule has 10 heteroatoms. The molecule has 0 aliphatic carbocycles. The normalized spacial score (nSPS) is 11.1. The average molecular weight is 375 g/mol. The number of nitrogens with zero attached hydrogens (tertiary/aromatic N) is 3. The van der Waals surface area contributed by atoms with Gasteiger partial charge in [0, 0.05) is 24.7 Å². The molecule has 2 rings (SSSR count). The lowest BCUT2D eigenvalue weighted by molar-refractivity contribution is -0.138. The van der Waals surface area contributed by atoms with Crippen LogP contribution in [-0.2, 0) is 12.8 Å². The number of hydrogen-bond donors (Lipinski definition) is 1. The summed E-state index contributed by atoms with van der Waals surface area (Å²) in [5.41, 5.74) is -1.04. The highest BCUT2D eigenvalue weighted by Crippen LogP contribution is 2.35. The fourth-order valence-electron chi connectivity index (χ4n) is 1.94. The zero-order valence-corrected chi connectivity index (χ0v) is 14.0. The number of rotatable bonds is 4. The molecule has 134 valence electrons. The van der Waals surface area contributed by atoms with Crippen molar-refractivity contribution in [2.45, 2.75) is 12.8 Å². The van der Waals surface area contributed by atoms with Crippen LogP contribution in [-0.4, -0.2) is 30.1 Å². The monoisotopic (exact) mass is 374 g/mol. The Morgan fingerprint density at radius 3 is 2.52 bits per heavy atom. The molecule has 6 nitrogen and oxygen atoms in total. The van der Waals surface area contributed by atoms with Crippen LogP contribution < -0.4 is 15.0 Å². The second-order valence-electron chi connectivity index (χ2n) is 4.89.